The van der Waals surface area contributed by atoms with Crippen LogP contribution in [0.3, 0.4) is 0 Å². The van der Waals surface area contributed by atoms with Gasteiger partial charge in [0.15, 0.2) is 0 Å². The molecule has 0 aliphatic rings. The summed E-state index contributed by atoms with van der Waals surface area (Å²) in [7, 11) is 0. The van der Waals surface area contributed by atoms with E-state index in [4.69, 9.17) is 0 Å². The minimum Gasteiger partial charge on any atom is -0.0885 e. The van der Waals surface area contributed by atoms with Gasteiger partial charge in [-0.15, -0.1) is 0 Å². The van der Waals surface area contributed by atoms with Crippen LogP contribution in [0.5, 0.6) is 0 Å². The Morgan fingerprint density at radius 1 is 1.15 bits per heavy atom. The van der Waals surface area contributed by atoms with Crippen molar-refractivity contribution < 1.29 is 0 Å². The zero-order chi connectivity index (χ0) is 10.1. The van der Waals surface area contributed by atoms with Gasteiger partial charge in [-0.2, -0.15) is 0 Å². The molecule has 0 heterocycles. The van der Waals surface area contributed by atoms with Crippen LogP contribution in [0.15, 0.2) is 11.6 Å². The fourth-order valence-corrected chi connectivity index (χ4v) is 1.81. The first kappa shape index (κ1) is 12.7. The van der Waals surface area contributed by atoms with Crippen LogP contribution in [0.4, 0.5) is 0 Å². The van der Waals surface area contributed by atoms with Crippen molar-refractivity contribution in [2.24, 2.45) is 5.92 Å². The smallest absolute Gasteiger partial charge is 0.0209 e. The Morgan fingerprint density at radius 2 is 1.85 bits per heavy atom. The van der Waals surface area contributed by atoms with E-state index in [0.29, 0.717) is 0 Å². The molecular weight excluding hydrogens is 156 g/mol. The molecule has 0 aromatic carbocycles. The summed E-state index contributed by atoms with van der Waals surface area (Å²) in [5.74, 6) is 0.849. The monoisotopic (exact) mass is 182 g/mol. The maximum absolute atomic E-state index is 2.30. The lowest BCUT2D eigenvalue weighted by Gasteiger charge is -2.15. The van der Waals surface area contributed by atoms with Crippen LogP contribution >= 0.6 is 0 Å². The molecule has 0 aliphatic heterocycles. The highest BCUT2D eigenvalue weighted by atomic mass is 14.1. The van der Waals surface area contributed by atoms with E-state index in [1.54, 1.807) is 5.57 Å². The number of hydrogen-bond acceptors (Lipinski definition) is 0. The van der Waals surface area contributed by atoms with Gasteiger partial charge in [-0.05, 0) is 32.6 Å². The molecular formula is C13H26. The number of unbranched alkanes of at least 4 members (excludes halogenated alkanes) is 3. The third-order valence-electron chi connectivity index (χ3n) is 3.00. The molecule has 0 nitrogen and oxygen atoms in total. The SMILES string of the molecule is CC=C(C)C(CC)CCCCCC. The van der Waals surface area contributed by atoms with Gasteiger partial charge in [-0.1, -0.05) is 51.2 Å². The van der Waals surface area contributed by atoms with Crippen LogP contribution in [-0.2, 0) is 0 Å². The van der Waals surface area contributed by atoms with E-state index in [1.165, 1.54) is 38.5 Å². The fourth-order valence-electron chi connectivity index (χ4n) is 1.81. The maximum Gasteiger partial charge on any atom is -0.0209 e. The standard InChI is InChI=1S/C13H26/c1-5-8-9-10-11-13(7-3)12(4)6-2/h6,13H,5,7-11H2,1-4H3. The van der Waals surface area contributed by atoms with Crippen molar-refractivity contribution in [1.82, 2.24) is 0 Å². The van der Waals surface area contributed by atoms with Crippen molar-refractivity contribution in [2.45, 2.75) is 66.2 Å². The molecule has 0 fully saturated rings. The highest BCUT2D eigenvalue weighted by molar-refractivity contribution is 5.01. The van der Waals surface area contributed by atoms with Crippen LogP contribution < -0.4 is 0 Å². The largest absolute Gasteiger partial charge is 0.0885 e. The molecule has 0 bridgehead atoms. The van der Waals surface area contributed by atoms with Crippen molar-refractivity contribution in [3.8, 4) is 0 Å². The summed E-state index contributed by atoms with van der Waals surface area (Å²) < 4.78 is 0. The molecule has 0 aromatic rings. The van der Waals surface area contributed by atoms with E-state index in [-0.39, 0.29) is 0 Å². The average molecular weight is 182 g/mol. The molecule has 0 amide bonds. The summed E-state index contributed by atoms with van der Waals surface area (Å²) in [4.78, 5) is 0. The second-order valence-corrected chi connectivity index (χ2v) is 3.99. The van der Waals surface area contributed by atoms with E-state index in [2.05, 4.69) is 33.8 Å². The number of hydrogen-bond donors (Lipinski definition) is 0. The Balaban J connectivity index is 3.60. The van der Waals surface area contributed by atoms with Gasteiger partial charge in [-0.3, -0.25) is 0 Å². The lowest BCUT2D eigenvalue weighted by Crippen LogP contribution is -2.00. The molecule has 0 heteroatoms. The van der Waals surface area contributed by atoms with Gasteiger partial charge < -0.3 is 0 Å². The molecule has 1 unspecified atom stereocenters. The van der Waals surface area contributed by atoms with Gasteiger partial charge in [0.2, 0.25) is 0 Å². The first-order chi connectivity index (χ1) is 6.26. The molecule has 0 N–H and O–H groups in total. The van der Waals surface area contributed by atoms with Gasteiger partial charge in [0.1, 0.15) is 0 Å². The fraction of sp³-hybridized carbons (Fsp3) is 0.846. The van der Waals surface area contributed by atoms with Crippen molar-refractivity contribution in [3.63, 3.8) is 0 Å². The Morgan fingerprint density at radius 3 is 2.31 bits per heavy atom. The Bertz CT molecular complexity index is 133. The zero-order valence-corrected chi connectivity index (χ0v) is 9.90. The lowest BCUT2D eigenvalue weighted by molar-refractivity contribution is 0.497. The predicted molar refractivity (Wildman–Crippen MR) is 62.0 cm³/mol. The average Bonchev–Trinajstić information content (AvgIpc) is 2.17. The Labute approximate surface area is 84.4 Å². The lowest BCUT2D eigenvalue weighted by atomic mass is 9.91. The van der Waals surface area contributed by atoms with Crippen molar-refractivity contribution in [3.05, 3.63) is 11.6 Å². The summed E-state index contributed by atoms with van der Waals surface area (Å²) >= 11 is 0. The third-order valence-corrected chi connectivity index (χ3v) is 3.00. The predicted octanol–water partition coefficient (Wildman–Crippen LogP) is 4.95. The molecule has 0 radical (unpaired) electrons. The summed E-state index contributed by atoms with van der Waals surface area (Å²) in [5, 5.41) is 0. The van der Waals surface area contributed by atoms with Crippen LogP contribution in [0.25, 0.3) is 0 Å². The third kappa shape index (κ3) is 5.90. The first-order valence-electron chi connectivity index (χ1n) is 5.89. The molecule has 13 heavy (non-hydrogen) atoms. The Kier molecular flexibility index (Phi) is 8.18. The van der Waals surface area contributed by atoms with Gasteiger partial charge in [0.25, 0.3) is 0 Å². The van der Waals surface area contributed by atoms with Crippen LogP contribution in [0.2, 0.25) is 0 Å². The molecule has 0 saturated carbocycles. The molecule has 0 rings (SSSR count). The van der Waals surface area contributed by atoms with Gasteiger partial charge in [-0.25, -0.2) is 0 Å². The second kappa shape index (κ2) is 8.34. The Hall–Kier alpha value is -0.260. The zero-order valence-electron chi connectivity index (χ0n) is 9.90. The van der Waals surface area contributed by atoms with Gasteiger partial charge in [0, 0.05) is 0 Å². The number of rotatable bonds is 7. The van der Waals surface area contributed by atoms with E-state index in [1.807, 2.05) is 0 Å². The van der Waals surface area contributed by atoms with E-state index >= 15 is 0 Å². The molecule has 0 aliphatic carbocycles. The normalized spacial score (nSPS) is 14.6. The van der Waals surface area contributed by atoms with Crippen LogP contribution in [0, 0.1) is 5.92 Å². The summed E-state index contributed by atoms with van der Waals surface area (Å²) in [6.45, 7) is 9.00. The molecule has 78 valence electrons. The highest BCUT2D eigenvalue weighted by Crippen LogP contribution is 2.21. The van der Waals surface area contributed by atoms with Gasteiger partial charge in [0.05, 0.1) is 0 Å². The second-order valence-electron chi connectivity index (χ2n) is 3.99. The van der Waals surface area contributed by atoms with E-state index in [0.717, 1.165) is 5.92 Å². The van der Waals surface area contributed by atoms with Crippen LogP contribution in [0.1, 0.15) is 66.2 Å². The van der Waals surface area contributed by atoms with Crippen molar-refractivity contribution in [2.75, 3.05) is 0 Å². The van der Waals surface area contributed by atoms with Gasteiger partial charge >= 0.3 is 0 Å². The number of allylic oxidation sites excluding steroid dienone is 2. The summed E-state index contributed by atoms with van der Waals surface area (Å²) in [5.41, 5.74) is 1.58. The van der Waals surface area contributed by atoms with Crippen molar-refractivity contribution in [1.29, 1.82) is 0 Å². The molecule has 0 saturated heterocycles. The van der Waals surface area contributed by atoms with E-state index in [9.17, 15) is 0 Å². The molecule has 1 atom stereocenters. The molecule has 0 aromatic heterocycles. The topological polar surface area (TPSA) is 0 Å². The minimum absolute atomic E-state index is 0.849. The van der Waals surface area contributed by atoms with Crippen molar-refractivity contribution >= 4 is 0 Å². The highest BCUT2D eigenvalue weighted by Gasteiger charge is 2.06. The summed E-state index contributed by atoms with van der Waals surface area (Å²) in [6.07, 6.45) is 10.6. The first-order valence-corrected chi connectivity index (χ1v) is 5.89. The quantitative estimate of drug-likeness (QED) is 0.386. The maximum atomic E-state index is 2.30. The minimum atomic E-state index is 0.849. The molecule has 0 spiro atoms. The van der Waals surface area contributed by atoms with E-state index < -0.39 is 0 Å². The summed E-state index contributed by atoms with van der Waals surface area (Å²) in [6, 6.07) is 0. The van der Waals surface area contributed by atoms with Crippen LogP contribution in [-0.4, -0.2) is 0 Å².